The van der Waals surface area contributed by atoms with Crippen molar-refractivity contribution in [1.82, 2.24) is 15.1 Å². The first kappa shape index (κ1) is 14.9. The van der Waals surface area contributed by atoms with Gasteiger partial charge >= 0.3 is 0 Å². The molecule has 1 aliphatic rings. The summed E-state index contributed by atoms with van der Waals surface area (Å²) in [5.41, 5.74) is 0. The van der Waals surface area contributed by atoms with Crippen molar-refractivity contribution in [1.29, 1.82) is 0 Å². The molecule has 1 aromatic heterocycles. The number of hydrogen-bond donors (Lipinski definition) is 1. The lowest BCUT2D eigenvalue weighted by Gasteiger charge is -2.20. The summed E-state index contributed by atoms with van der Waals surface area (Å²) in [6, 6.07) is 0.134. The molecule has 7 heteroatoms. The topological polar surface area (TPSA) is 75.2 Å². The van der Waals surface area contributed by atoms with Crippen LogP contribution in [0, 0.1) is 5.92 Å². The zero-order valence-corrected chi connectivity index (χ0v) is 13.0. The molecule has 20 heavy (non-hydrogen) atoms. The van der Waals surface area contributed by atoms with E-state index in [1.807, 2.05) is 27.7 Å². The van der Waals surface area contributed by atoms with Gasteiger partial charge in [0.1, 0.15) is 5.01 Å². The Morgan fingerprint density at radius 1 is 1.35 bits per heavy atom. The van der Waals surface area contributed by atoms with Crippen LogP contribution in [-0.2, 0) is 9.59 Å². The van der Waals surface area contributed by atoms with Crippen molar-refractivity contribution in [3.05, 3.63) is 5.01 Å². The lowest BCUT2D eigenvalue weighted by Crippen LogP contribution is -2.33. The molecular formula is C13H20N4O2S. The summed E-state index contributed by atoms with van der Waals surface area (Å²) in [6.07, 6.45) is 0.278. The SMILES string of the molecule is CC(C)c1nnc(NC(=O)[C@H]2CC(=O)N(C(C)C)C2)s1. The minimum atomic E-state index is -0.295. The van der Waals surface area contributed by atoms with Crippen LogP contribution in [0.25, 0.3) is 0 Å². The van der Waals surface area contributed by atoms with E-state index in [0.717, 1.165) is 5.01 Å². The van der Waals surface area contributed by atoms with Gasteiger partial charge in [0.25, 0.3) is 0 Å². The number of carbonyl (C=O) groups excluding carboxylic acids is 2. The lowest BCUT2D eigenvalue weighted by atomic mass is 10.1. The van der Waals surface area contributed by atoms with Crippen LogP contribution < -0.4 is 5.32 Å². The van der Waals surface area contributed by atoms with E-state index in [-0.39, 0.29) is 30.2 Å². The predicted octanol–water partition coefficient (Wildman–Crippen LogP) is 1.86. The molecule has 0 bridgehead atoms. The Morgan fingerprint density at radius 2 is 2.05 bits per heavy atom. The van der Waals surface area contributed by atoms with E-state index in [9.17, 15) is 9.59 Å². The maximum atomic E-state index is 12.2. The molecule has 1 N–H and O–H groups in total. The molecule has 0 saturated carbocycles. The van der Waals surface area contributed by atoms with E-state index in [0.29, 0.717) is 17.6 Å². The van der Waals surface area contributed by atoms with E-state index in [1.165, 1.54) is 11.3 Å². The summed E-state index contributed by atoms with van der Waals surface area (Å²) in [6.45, 7) is 8.46. The van der Waals surface area contributed by atoms with Gasteiger partial charge in [0.15, 0.2) is 0 Å². The molecule has 0 aromatic carbocycles. The first-order valence-electron chi connectivity index (χ1n) is 6.82. The molecule has 0 radical (unpaired) electrons. The Hall–Kier alpha value is -1.50. The van der Waals surface area contributed by atoms with Crippen LogP contribution in [0.1, 0.15) is 45.0 Å². The minimum Gasteiger partial charge on any atom is -0.339 e. The standard InChI is InChI=1S/C13H20N4O2S/c1-7(2)12-15-16-13(20-12)14-11(19)9-5-10(18)17(6-9)8(3)4/h7-9H,5-6H2,1-4H3,(H,14,16,19)/t9-/m0/s1. The second-order valence-corrected chi connectivity index (χ2v) is 6.64. The summed E-state index contributed by atoms with van der Waals surface area (Å²) < 4.78 is 0. The number of amides is 2. The fraction of sp³-hybridized carbons (Fsp3) is 0.692. The maximum Gasteiger partial charge on any atom is 0.231 e. The predicted molar refractivity (Wildman–Crippen MR) is 77.6 cm³/mol. The first-order valence-corrected chi connectivity index (χ1v) is 7.64. The van der Waals surface area contributed by atoms with Gasteiger partial charge in [-0.15, -0.1) is 10.2 Å². The highest BCUT2D eigenvalue weighted by Gasteiger charge is 2.35. The molecule has 1 fully saturated rings. The summed E-state index contributed by atoms with van der Waals surface area (Å²) in [7, 11) is 0. The number of rotatable bonds is 4. The van der Waals surface area contributed by atoms with E-state index >= 15 is 0 Å². The molecular weight excluding hydrogens is 276 g/mol. The van der Waals surface area contributed by atoms with Gasteiger partial charge in [-0.2, -0.15) is 0 Å². The van der Waals surface area contributed by atoms with E-state index in [2.05, 4.69) is 15.5 Å². The van der Waals surface area contributed by atoms with Crippen molar-refractivity contribution >= 4 is 28.3 Å². The molecule has 1 aromatic rings. The summed E-state index contributed by atoms with van der Waals surface area (Å²) in [5, 5.41) is 12.2. The van der Waals surface area contributed by atoms with Gasteiger partial charge in [0.05, 0.1) is 5.92 Å². The average molecular weight is 296 g/mol. The second-order valence-electron chi connectivity index (χ2n) is 5.63. The largest absolute Gasteiger partial charge is 0.339 e. The van der Waals surface area contributed by atoms with Crippen molar-refractivity contribution < 1.29 is 9.59 Å². The number of aromatic nitrogens is 2. The number of likely N-dealkylation sites (tertiary alicyclic amines) is 1. The van der Waals surface area contributed by atoms with Crippen molar-refractivity contribution in [3.8, 4) is 0 Å². The highest BCUT2D eigenvalue weighted by molar-refractivity contribution is 7.15. The Bertz CT molecular complexity index is 512. The number of carbonyl (C=O) groups is 2. The monoisotopic (exact) mass is 296 g/mol. The number of anilines is 1. The molecule has 2 amide bonds. The summed E-state index contributed by atoms with van der Waals surface area (Å²) >= 11 is 1.38. The van der Waals surface area contributed by atoms with Crippen LogP contribution in [-0.4, -0.2) is 39.5 Å². The van der Waals surface area contributed by atoms with Gasteiger partial charge in [-0.25, -0.2) is 0 Å². The molecule has 0 aliphatic carbocycles. The highest BCUT2D eigenvalue weighted by atomic mass is 32.1. The summed E-state index contributed by atoms with van der Waals surface area (Å²) in [5.74, 6) is -0.104. The zero-order valence-electron chi connectivity index (χ0n) is 12.2. The third kappa shape index (κ3) is 3.15. The molecule has 0 spiro atoms. The fourth-order valence-electron chi connectivity index (χ4n) is 2.13. The Morgan fingerprint density at radius 3 is 2.55 bits per heavy atom. The van der Waals surface area contributed by atoms with Gasteiger partial charge in [0.2, 0.25) is 16.9 Å². The van der Waals surface area contributed by atoms with Gasteiger partial charge < -0.3 is 10.2 Å². The van der Waals surface area contributed by atoms with Crippen molar-refractivity contribution in [3.63, 3.8) is 0 Å². The Kier molecular flexibility index (Phi) is 4.37. The van der Waals surface area contributed by atoms with Crippen LogP contribution in [0.5, 0.6) is 0 Å². The van der Waals surface area contributed by atoms with Crippen LogP contribution in [0.3, 0.4) is 0 Å². The minimum absolute atomic E-state index is 0.0419. The van der Waals surface area contributed by atoms with Crippen LogP contribution in [0.2, 0.25) is 0 Å². The zero-order chi connectivity index (χ0) is 14.9. The smallest absolute Gasteiger partial charge is 0.231 e. The van der Waals surface area contributed by atoms with Crippen molar-refractivity contribution in [2.45, 2.75) is 46.1 Å². The molecule has 2 rings (SSSR count). The quantitative estimate of drug-likeness (QED) is 0.920. The Labute approximate surface area is 122 Å². The Balaban J connectivity index is 1.97. The van der Waals surface area contributed by atoms with Crippen LogP contribution in [0.15, 0.2) is 0 Å². The second kappa shape index (κ2) is 5.87. The van der Waals surface area contributed by atoms with Gasteiger partial charge in [0, 0.05) is 24.9 Å². The van der Waals surface area contributed by atoms with E-state index in [4.69, 9.17) is 0 Å². The van der Waals surface area contributed by atoms with Crippen LogP contribution >= 0.6 is 11.3 Å². The molecule has 1 atom stereocenters. The van der Waals surface area contributed by atoms with Crippen molar-refractivity contribution in [2.75, 3.05) is 11.9 Å². The van der Waals surface area contributed by atoms with Crippen molar-refractivity contribution in [2.24, 2.45) is 5.92 Å². The third-order valence-corrected chi connectivity index (χ3v) is 4.46. The van der Waals surface area contributed by atoms with E-state index in [1.54, 1.807) is 4.90 Å². The molecule has 2 heterocycles. The van der Waals surface area contributed by atoms with Crippen LogP contribution in [0.4, 0.5) is 5.13 Å². The molecule has 110 valence electrons. The molecule has 6 nitrogen and oxygen atoms in total. The highest BCUT2D eigenvalue weighted by Crippen LogP contribution is 2.25. The fourth-order valence-corrected chi connectivity index (χ4v) is 2.88. The first-order chi connectivity index (χ1) is 9.38. The normalized spacial score (nSPS) is 19.2. The number of nitrogens with zero attached hydrogens (tertiary/aromatic N) is 3. The average Bonchev–Trinajstić information content (AvgIpc) is 2.95. The van der Waals surface area contributed by atoms with E-state index < -0.39 is 0 Å². The van der Waals surface area contributed by atoms with Gasteiger partial charge in [-0.05, 0) is 13.8 Å². The molecule has 1 saturated heterocycles. The molecule has 1 aliphatic heterocycles. The molecule has 0 unspecified atom stereocenters. The van der Waals surface area contributed by atoms with Gasteiger partial charge in [-0.3, -0.25) is 9.59 Å². The maximum absolute atomic E-state index is 12.2. The number of nitrogens with one attached hydrogen (secondary N) is 1. The summed E-state index contributed by atoms with van der Waals surface area (Å²) in [4.78, 5) is 25.7. The third-order valence-electron chi connectivity index (χ3n) is 3.32. The lowest BCUT2D eigenvalue weighted by molar-refractivity contribution is -0.129. The van der Waals surface area contributed by atoms with Gasteiger partial charge in [-0.1, -0.05) is 25.2 Å². The number of hydrogen-bond acceptors (Lipinski definition) is 5.